The highest BCUT2D eigenvalue weighted by atomic mass is 35.5. The number of aliphatic carboxylic acids is 1. The number of rotatable bonds is 4. The molecule has 0 aliphatic heterocycles. The van der Waals surface area contributed by atoms with Crippen LogP contribution in [0, 0.1) is 5.92 Å². The Hall–Kier alpha value is -1.22. The second-order valence-corrected chi connectivity index (χ2v) is 4.68. The highest BCUT2D eigenvalue weighted by Crippen LogP contribution is 2.35. The summed E-state index contributed by atoms with van der Waals surface area (Å²) in [5.74, 6) is -0.419. The SMILES string of the molecule is CC(Cl)c1ccc(O[C@@H]2C[C@H]2C(=O)O)cc1. The third kappa shape index (κ3) is 2.47. The summed E-state index contributed by atoms with van der Waals surface area (Å²) in [6.07, 6.45) is 0.431. The van der Waals surface area contributed by atoms with Gasteiger partial charge in [0.05, 0.1) is 11.3 Å². The molecule has 0 radical (unpaired) electrons. The molecule has 1 saturated carbocycles. The third-order valence-electron chi connectivity index (χ3n) is 2.68. The Morgan fingerprint density at radius 2 is 2.12 bits per heavy atom. The van der Waals surface area contributed by atoms with Crippen LogP contribution >= 0.6 is 11.6 Å². The molecule has 0 spiro atoms. The van der Waals surface area contributed by atoms with E-state index in [-0.39, 0.29) is 17.4 Å². The highest BCUT2D eigenvalue weighted by Gasteiger charge is 2.45. The summed E-state index contributed by atoms with van der Waals surface area (Å²) in [4.78, 5) is 10.6. The second-order valence-electron chi connectivity index (χ2n) is 4.02. The molecule has 1 aliphatic rings. The van der Waals surface area contributed by atoms with E-state index in [0.717, 1.165) is 5.56 Å². The Morgan fingerprint density at radius 3 is 2.56 bits per heavy atom. The molecule has 0 aromatic heterocycles. The first kappa shape index (κ1) is 11.3. The quantitative estimate of drug-likeness (QED) is 0.824. The lowest BCUT2D eigenvalue weighted by Crippen LogP contribution is -2.07. The molecule has 0 amide bonds. The minimum absolute atomic E-state index is 0.0262. The first-order chi connectivity index (χ1) is 7.58. The lowest BCUT2D eigenvalue weighted by molar-refractivity contribution is -0.139. The van der Waals surface area contributed by atoms with Gasteiger partial charge in [0, 0.05) is 6.42 Å². The Bertz CT molecular complexity index is 386. The van der Waals surface area contributed by atoms with Crippen LogP contribution in [0.25, 0.3) is 0 Å². The smallest absolute Gasteiger partial charge is 0.310 e. The summed E-state index contributed by atoms with van der Waals surface area (Å²) < 4.78 is 5.51. The van der Waals surface area contributed by atoms with Crippen molar-refractivity contribution in [2.24, 2.45) is 5.92 Å². The average molecular weight is 241 g/mol. The standard InChI is InChI=1S/C12H13ClO3/c1-7(13)8-2-4-9(5-3-8)16-11-6-10(11)12(14)15/h2-5,7,10-11H,6H2,1H3,(H,14,15)/t7?,10-,11-/m1/s1. The Balaban J connectivity index is 1.94. The van der Waals surface area contributed by atoms with Crippen LogP contribution in [0.4, 0.5) is 0 Å². The summed E-state index contributed by atoms with van der Waals surface area (Å²) in [5, 5.41) is 8.69. The minimum atomic E-state index is -0.781. The number of benzene rings is 1. The van der Waals surface area contributed by atoms with Crippen LogP contribution in [0.3, 0.4) is 0 Å². The van der Waals surface area contributed by atoms with Crippen molar-refractivity contribution in [1.29, 1.82) is 0 Å². The number of carboxylic acids is 1. The van der Waals surface area contributed by atoms with Crippen molar-refractivity contribution in [3.05, 3.63) is 29.8 Å². The van der Waals surface area contributed by atoms with Gasteiger partial charge in [0.1, 0.15) is 11.9 Å². The Kier molecular flexibility index (Phi) is 3.06. The molecule has 3 nitrogen and oxygen atoms in total. The maximum Gasteiger partial charge on any atom is 0.310 e. The first-order valence-corrected chi connectivity index (χ1v) is 5.65. The maximum atomic E-state index is 10.6. The number of hydrogen-bond acceptors (Lipinski definition) is 2. The van der Waals surface area contributed by atoms with E-state index in [1.165, 1.54) is 0 Å². The lowest BCUT2D eigenvalue weighted by atomic mass is 10.2. The van der Waals surface area contributed by atoms with Crippen LogP contribution in [-0.2, 0) is 4.79 Å². The van der Waals surface area contributed by atoms with E-state index in [4.69, 9.17) is 21.4 Å². The summed E-state index contributed by atoms with van der Waals surface area (Å²) in [6.45, 7) is 1.90. The van der Waals surface area contributed by atoms with Crippen molar-refractivity contribution in [3.8, 4) is 5.75 Å². The van der Waals surface area contributed by atoms with Gasteiger partial charge >= 0.3 is 5.97 Å². The normalized spacial score (nSPS) is 24.9. The topological polar surface area (TPSA) is 46.5 Å². The van der Waals surface area contributed by atoms with Gasteiger partial charge in [0.2, 0.25) is 0 Å². The van der Waals surface area contributed by atoms with Gasteiger partial charge in [-0.15, -0.1) is 11.6 Å². The van der Waals surface area contributed by atoms with Crippen LogP contribution in [0.15, 0.2) is 24.3 Å². The monoisotopic (exact) mass is 240 g/mol. The van der Waals surface area contributed by atoms with Gasteiger partial charge in [-0.3, -0.25) is 4.79 Å². The van der Waals surface area contributed by atoms with Crippen molar-refractivity contribution >= 4 is 17.6 Å². The van der Waals surface area contributed by atoms with Gasteiger partial charge in [-0.05, 0) is 24.6 Å². The Labute approximate surface area is 99.0 Å². The van der Waals surface area contributed by atoms with E-state index in [0.29, 0.717) is 12.2 Å². The van der Waals surface area contributed by atoms with E-state index in [2.05, 4.69) is 0 Å². The maximum absolute atomic E-state index is 10.6. The first-order valence-electron chi connectivity index (χ1n) is 5.21. The molecular formula is C12H13ClO3. The zero-order chi connectivity index (χ0) is 11.7. The van der Waals surface area contributed by atoms with Crippen molar-refractivity contribution in [2.75, 3.05) is 0 Å². The zero-order valence-electron chi connectivity index (χ0n) is 8.89. The van der Waals surface area contributed by atoms with Gasteiger partial charge in [0.15, 0.2) is 0 Å². The van der Waals surface area contributed by atoms with E-state index < -0.39 is 5.97 Å². The summed E-state index contributed by atoms with van der Waals surface area (Å²) >= 11 is 5.92. The van der Waals surface area contributed by atoms with Gasteiger partial charge in [0.25, 0.3) is 0 Å². The molecule has 16 heavy (non-hydrogen) atoms. The average Bonchev–Trinajstić information content (AvgIpc) is 2.98. The molecule has 1 aromatic rings. The van der Waals surface area contributed by atoms with Crippen LogP contribution < -0.4 is 4.74 Å². The fraction of sp³-hybridized carbons (Fsp3) is 0.417. The van der Waals surface area contributed by atoms with E-state index >= 15 is 0 Å². The van der Waals surface area contributed by atoms with E-state index in [9.17, 15) is 4.79 Å². The number of halogens is 1. The molecule has 0 heterocycles. The summed E-state index contributed by atoms with van der Waals surface area (Å²) in [7, 11) is 0. The van der Waals surface area contributed by atoms with Crippen LogP contribution in [0.2, 0.25) is 0 Å². The largest absolute Gasteiger partial charge is 0.490 e. The molecule has 0 bridgehead atoms. The molecular weight excluding hydrogens is 228 g/mol. The van der Waals surface area contributed by atoms with Crippen molar-refractivity contribution < 1.29 is 14.6 Å². The van der Waals surface area contributed by atoms with E-state index in [1.54, 1.807) is 0 Å². The van der Waals surface area contributed by atoms with Crippen molar-refractivity contribution in [2.45, 2.75) is 24.8 Å². The second kappa shape index (κ2) is 4.34. The van der Waals surface area contributed by atoms with Crippen LogP contribution in [-0.4, -0.2) is 17.2 Å². The van der Waals surface area contributed by atoms with Crippen molar-refractivity contribution in [3.63, 3.8) is 0 Å². The van der Waals surface area contributed by atoms with E-state index in [1.807, 2.05) is 31.2 Å². The predicted octanol–water partition coefficient (Wildman–Crippen LogP) is 2.84. The summed E-state index contributed by atoms with van der Waals surface area (Å²) in [5.41, 5.74) is 1.03. The van der Waals surface area contributed by atoms with Gasteiger partial charge < -0.3 is 9.84 Å². The van der Waals surface area contributed by atoms with Gasteiger partial charge in [-0.1, -0.05) is 12.1 Å². The van der Waals surface area contributed by atoms with Crippen LogP contribution in [0.1, 0.15) is 24.3 Å². The van der Waals surface area contributed by atoms with Crippen molar-refractivity contribution in [1.82, 2.24) is 0 Å². The molecule has 1 aromatic carbocycles. The molecule has 1 aliphatic carbocycles. The highest BCUT2D eigenvalue weighted by molar-refractivity contribution is 6.20. The number of carbonyl (C=O) groups is 1. The Morgan fingerprint density at radius 1 is 1.50 bits per heavy atom. The third-order valence-corrected chi connectivity index (χ3v) is 2.93. The number of ether oxygens (including phenoxy) is 1. The molecule has 4 heteroatoms. The fourth-order valence-electron chi connectivity index (χ4n) is 1.55. The fourth-order valence-corrected chi connectivity index (χ4v) is 1.69. The number of carboxylic acid groups (broad SMARTS) is 1. The van der Waals surface area contributed by atoms with Gasteiger partial charge in [-0.25, -0.2) is 0 Å². The number of hydrogen-bond donors (Lipinski definition) is 1. The lowest BCUT2D eigenvalue weighted by Gasteiger charge is -2.07. The van der Waals surface area contributed by atoms with Crippen LogP contribution in [0.5, 0.6) is 5.75 Å². The molecule has 1 unspecified atom stereocenters. The molecule has 86 valence electrons. The minimum Gasteiger partial charge on any atom is -0.490 e. The van der Waals surface area contributed by atoms with Gasteiger partial charge in [-0.2, -0.15) is 0 Å². The molecule has 1 N–H and O–H groups in total. The summed E-state index contributed by atoms with van der Waals surface area (Å²) in [6, 6.07) is 7.44. The molecule has 0 saturated heterocycles. The predicted molar refractivity (Wildman–Crippen MR) is 60.9 cm³/mol. The molecule has 3 atom stereocenters. The number of alkyl halides is 1. The molecule has 1 fully saturated rings. The zero-order valence-corrected chi connectivity index (χ0v) is 9.65. The molecule has 2 rings (SSSR count).